The van der Waals surface area contributed by atoms with E-state index in [2.05, 4.69) is 32.3 Å². The van der Waals surface area contributed by atoms with Gasteiger partial charge in [0.05, 0.1) is 42.3 Å². The summed E-state index contributed by atoms with van der Waals surface area (Å²) >= 11 is 0. The molecule has 11 nitrogen and oxygen atoms in total. The Bertz CT molecular complexity index is 1470. The summed E-state index contributed by atoms with van der Waals surface area (Å²) in [6.07, 6.45) is 1.68. The Hall–Kier alpha value is -4.22. The maximum Gasteiger partial charge on any atom is 0.294 e. The molecule has 0 saturated carbocycles. The van der Waals surface area contributed by atoms with Crippen LogP contribution in [-0.4, -0.2) is 59.9 Å². The number of hydrogen-bond donors (Lipinski definition) is 2. The quantitative estimate of drug-likeness (QED) is 0.234. The maximum absolute atomic E-state index is 12.0. The number of nitro groups is 1. The number of hydrogen-bond acceptors (Lipinski definition) is 9. The lowest BCUT2D eigenvalue weighted by molar-refractivity contribution is -0.384. The first-order valence-corrected chi connectivity index (χ1v) is 12.6. The van der Waals surface area contributed by atoms with E-state index in [-0.39, 0.29) is 10.6 Å². The molecular formula is C27H31N7O4. The molecule has 0 fully saturated rings. The van der Waals surface area contributed by atoms with Gasteiger partial charge in [0.2, 0.25) is 5.95 Å². The minimum atomic E-state index is -0.376. The van der Waals surface area contributed by atoms with E-state index in [0.717, 1.165) is 34.4 Å². The number of nitrogens with zero attached hydrogens (tertiary/aromatic N) is 5. The zero-order valence-electron chi connectivity index (χ0n) is 21.7. The van der Waals surface area contributed by atoms with E-state index in [1.807, 2.05) is 37.1 Å². The number of anilines is 3. The average Bonchev–Trinajstić information content (AvgIpc) is 3.28. The number of para-hydroxylation sites is 1. The van der Waals surface area contributed by atoms with Crippen LogP contribution < -0.4 is 20.3 Å². The van der Waals surface area contributed by atoms with Crippen molar-refractivity contribution in [1.82, 2.24) is 19.9 Å². The van der Waals surface area contributed by atoms with Gasteiger partial charge in [0.25, 0.3) is 5.69 Å². The third kappa shape index (κ3) is 4.73. The number of rotatable bonds is 10. The van der Waals surface area contributed by atoms with Crippen molar-refractivity contribution in [1.29, 1.82) is 0 Å². The number of fused-ring (bicyclic) bond motifs is 3. The van der Waals surface area contributed by atoms with Gasteiger partial charge in [-0.2, -0.15) is 0 Å². The topological polar surface area (TPSA) is 120 Å². The van der Waals surface area contributed by atoms with E-state index >= 15 is 0 Å². The first-order valence-electron chi connectivity index (χ1n) is 12.6. The van der Waals surface area contributed by atoms with E-state index in [1.165, 1.54) is 13.2 Å². The van der Waals surface area contributed by atoms with Crippen molar-refractivity contribution < 1.29 is 14.4 Å². The molecule has 1 aliphatic rings. The van der Waals surface area contributed by atoms with Crippen LogP contribution in [0.4, 0.5) is 23.0 Å². The lowest BCUT2D eigenvalue weighted by atomic mass is 10.1. The second-order valence-electron chi connectivity index (χ2n) is 8.92. The largest absolute Gasteiger partial charge is 0.494 e. The van der Waals surface area contributed by atoms with Crippen molar-refractivity contribution >= 4 is 33.9 Å². The zero-order chi connectivity index (χ0) is 26.6. The smallest absolute Gasteiger partial charge is 0.294 e. The Morgan fingerprint density at radius 1 is 1.26 bits per heavy atom. The number of likely N-dealkylation sites (N-methyl/N-ethyl adjacent to an activating group) is 2. The Kier molecular flexibility index (Phi) is 7.38. The van der Waals surface area contributed by atoms with Gasteiger partial charge in [0, 0.05) is 61.0 Å². The highest BCUT2D eigenvalue weighted by atomic mass is 16.6. The fourth-order valence-corrected chi connectivity index (χ4v) is 4.97. The van der Waals surface area contributed by atoms with E-state index in [9.17, 15) is 10.1 Å². The average molecular weight is 518 g/mol. The predicted octanol–water partition coefficient (Wildman–Crippen LogP) is 4.33. The first kappa shape index (κ1) is 25.4. The van der Waals surface area contributed by atoms with Crippen molar-refractivity contribution in [2.45, 2.75) is 20.1 Å². The molecule has 0 unspecified atom stereocenters. The molecule has 4 aromatic rings. The normalized spacial score (nSPS) is 12.8. The lowest BCUT2D eigenvalue weighted by Gasteiger charge is -2.24. The molecule has 0 aliphatic carbocycles. The molecule has 1 aliphatic heterocycles. The molecule has 2 N–H and O–H groups in total. The SMILES string of the molecule is CCN(CCNC)c1cc(OC)c(Nc2nccc(-c3c4n(c5ccccc35)CCOC4)n2)cc1[N+](=O)[O-]. The second kappa shape index (κ2) is 11.0. The van der Waals surface area contributed by atoms with Gasteiger partial charge in [-0.05, 0) is 26.1 Å². The van der Waals surface area contributed by atoms with E-state index in [1.54, 1.807) is 12.3 Å². The molecule has 38 heavy (non-hydrogen) atoms. The summed E-state index contributed by atoms with van der Waals surface area (Å²) < 4.78 is 13.7. The molecule has 0 atom stereocenters. The van der Waals surface area contributed by atoms with Gasteiger partial charge < -0.3 is 29.6 Å². The van der Waals surface area contributed by atoms with Crippen molar-refractivity contribution in [3.8, 4) is 17.0 Å². The van der Waals surface area contributed by atoms with Crippen molar-refractivity contribution in [2.75, 3.05) is 50.6 Å². The predicted molar refractivity (Wildman–Crippen MR) is 147 cm³/mol. The Morgan fingerprint density at radius 2 is 2.11 bits per heavy atom. The molecule has 2 aromatic heterocycles. The Labute approximate surface area is 220 Å². The molecule has 2 aromatic carbocycles. The molecule has 198 valence electrons. The molecule has 0 spiro atoms. The number of nitro benzene ring substituents is 1. The summed E-state index contributed by atoms with van der Waals surface area (Å²) in [7, 11) is 3.39. The highest BCUT2D eigenvalue weighted by Gasteiger charge is 2.25. The summed E-state index contributed by atoms with van der Waals surface area (Å²) in [6.45, 7) is 5.84. The van der Waals surface area contributed by atoms with Gasteiger partial charge in [-0.1, -0.05) is 18.2 Å². The second-order valence-corrected chi connectivity index (χ2v) is 8.92. The molecule has 0 amide bonds. The minimum Gasteiger partial charge on any atom is -0.494 e. The maximum atomic E-state index is 12.0. The van der Waals surface area contributed by atoms with Crippen LogP contribution in [0.1, 0.15) is 12.6 Å². The van der Waals surface area contributed by atoms with E-state index in [0.29, 0.717) is 55.9 Å². The van der Waals surface area contributed by atoms with Gasteiger partial charge in [0.1, 0.15) is 11.4 Å². The molecule has 5 rings (SSSR count). The van der Waals surface area contributed by atoms with Crippen LogP contribution >= 0.6 is 0 Å². The number of benzene rings is 2. The van der Waals surface area contributed by atoms with E-state index < -0.39 is 0 Å². The van der Waals surface area contributed by atoms with Crippen molar-refractivity contribution in [3.63, 3.8) is 0 Å². The highest BCUT2D eigenvalue weighted by Crippen LogP contribution is 2.40. The van der Waals surface area contributed by atoms with Gasteiger partial charge in [-0.25, -0.2) is 9.97 Å². The fraction of sp³-hybridized carbons (Fsp3) is 0.333. The van der Waals surface area contributed by atoms with Gasteiger partial charge in [0.15, 0.2) is 0 Å². The summed E-state index contributed by atoms with van der Waals surface area (Å²) in [5.74, 6) is 0.772. The van der Waals surface area contributed by atoms with Crippen LogP contribution in [0.2, 0.25) is 0 Å². The molecule has 0 saturated heterocycles. The van der Waals surface area contributed by atoms with Crippen LogP contribution in [-0.2, 0) is 17.9 Å². The van der Waals surface area contributed by atoms with Crippen LogP contribution in [0.25, 0.3) is 22.2 Å². The summed E-state index contributed by atoms with van der Waals surface area (Å²) in [5, 5.41) is 19.4. The summed E-state index contributed by atoms with van der Waals surface area (Å²) in [4.78, 5) is 22.8. The molecule has 3 heterocycles. The van der Waals surface area contributed by atoms with Crippen molar-refractivity contribution in [2.24, 2.45) is 0 Å². The number of nitrogens with one attached hydrogen (secondary N) is 2. The minimum absolute atomic E-state index is 0.0212. The van der Waals surface area contributed by atoms with E-state index in [4.69, 9.17) is 14.5 Å². The molecule has 0 bridgehead atoms. The third-order valence-corrected chi connectivity index (χ3v) is 6.78. The van der Waals surface area contributed by atoms with Crippen LogP contribution in [0, 0.1) is 10.1 Å². The Morgan fingerprint density at radius 3 is 2.87 bits per heavy atom. The lowest BCUT2D eigenvalue weighted by Crippen LogP contribution is -2.31. The Balaban J connectivity index is 1.54. The van der Waals surface area contributed by atoms with Crippen LogP contribution in [0.5, 0.6) is 5.75 Å². The van der Waals surface area contributed by atoms with Gasteiger partial charge >= 0.3 is 0 Å². The number of methoxy groups -OCH3 is 1. The third-order valence-electron chi connectivity index (χ3n) is 6.78. The fourth-order valence-electron chi connectivity index (χ4n) is 4.97. The standard InChI is InChI=1S/C27H31N7O4/c1-4-32(12-11-28-2)22-16-25(37-3)20(15-23(22)34(35)36)31-27-29-10-9-19(30-27)26-18-7-5-6-8-21(18)33-13-14-38-17-24(26)33/h5-10,15-16,28H,4,11-14,17H2,1-3H3,(H,29,30,31). The number of ether oxygens (including phenoxy) is 2. The van der Waals surface area contributed by atoms with Crippen LogP contribution in [0.3, 0.4) is 0 Å². The first-order chi connectivity index (χ1) is 18.5. The van der Waals surface area contributed by atoms with Crippen molar-refractivity contribution in [3.05, 3.63) is 64.5 Å². The summed E-state index contributed by atoms with van der Waals surface area (Å²) in [6, 6.07) is 13.3. The highest BCUT2D eigenvalue weighted by molar-refractivity contribution is 5.97. The zero-order valence-corrected chi connectivity index (χ0v) is 21.7. The molecule has 11 heteroatoms. The molecule has 0 radical (unpaired) electrons. The monoisotopic (exact) mass is 517 g/mol. The van der Waals surface area contributed by atoms with Gasteiger partial charge in [-0.15, -0.1) is 0 Å². The number of aromatic nitrogens is 3. The summed E-state index contributed by atoms with van der Waals surface area (Å²) in [5.41, 5.74) is 4.84. The van der Waals surface area contributed by atoms with Crippen LogP contribution in [0.15, 0.2) is 48.7 Å². The molecular weight excluding hydrogens is 486 g/mol. The van der Waals surface area contributed by atoms with Gasteiger partial charge in [-0.3, -0.25) is 10.1 Å².